The van der Waals surface area contributed by atoms with Crippen LogP contribution in [-0.2, 0) is 9.53 Å². The van der Waals surface area contributed by atoms with Crippen molar-refractivity contribution in [1.82, 2.24) is 4.90 Å². The summed E-state index contributed by atoms with van der Waals surface area (Å²) in [5.41, 5.74) is 2.75. The normalized spacial score (nSPS) is 15.9. The molecule has 1 amide bonds. The molecule has 0 saturated heterocycles. The highest BCUT2D eigenvalue weighted by Gasteiger charge is 2.32. The average molecular weight is 405 g/mol. The van der Waals surface area contributed by atoms with Gasteiger partial charge in [0.15, 0.2) is 0 Å². The number of ether oxygens (including phenoxy) is 1. The molecule has 1 aliphatic rings. The molecular formula is C25H27NO4. The summed E-state index contributed by atoms with van der Waals surface area (Å²) in [7, 11) is 0. The van der Waals surface area contributed by atoms with Crippen LogP contribution in [0.1, 0.15) is 44.7 Å². The highest BCUT2D eigenvalue weighted by molar-refractivity contribution is 5.87. The molecule has 5 nitrogen and oxygen atoms in total. The predicted octanol–water partition coefficient (Wildman–Crippen LogP) is 5.49. The molecule has 0 fully saturated rings. The molecule has 0 radical (unpaired) electrons. The van der Waals surface area contributed by atoms with Crippen molar-refractivity contribution in [2.24, 2.45) is 0 Å². The second kappa shape index (κ2) is 8.99. The van der Waals surface area contributed by atoms with Gasteiger partial charge in [0.1, 0.15) is 5.60 Å². The van der Waals surface area contributed by atoms with Crippen molar-refractivity contribution in [3.8, 4) is 0 Å². The molecule has 2 aromatic rings. The van der Waals surface area contributed by atoms with Crippen LogP contribution in [0.25, 0.3) is 5.57 Å². The smallest absolute Gasteiger partial charge is 0.412 e. The van der Waals surface area contributed by atoms with Crippen LogP contribution in [0.5, 0.6) is 0 Å². The number of amides is 1. The highest BCUT2D eigenvalue weighted by Crippen LogP contribution is 2.34. The van der Waals surface area contributed by atoms with E-state index in [1.807, 2.05) is 93.6 Å². The van der Waals surface area contributed by atoms with Gasteiger partial charge in [-0.25, -0.2) is 4.79 Å². The van der Waals surface area contributed by atoms with E-state index >= 15 is 0 Å². The maximum Gasteiger partial charge on any atom is 0.412 e. The van der Waals surface area contributed by atoms with Crippen LogP contribution >= 0.6 is 0 Å². The first-order chi connectivity index (χ1) is 14.3. The second-order valence-electron chi connectivity index (χ2n) is 8.20. The van der Waals surface area contributed by atoms with Gasteiger partial charge in [-0.1, -0.05) is 66.7 Å². The van der Waals surface area contributed by atoms with Gasteiger partial charge in [0.2, 0.25) is 0 Å². The monoisotopic (exact) mass is 405 g/mol. The molecule has 156 valence electrons. The summed E-state index contributed by atoms with van der Waals surface area (Å²) in [6.45, 7) is 5.45. The Balaban J connectivity index is 1.94. The summed E-state index contributed by atoms with van der Waals surface area (Å²) in [5, 5.41) is 9.98. The van der Waals surface area contributed by atoms with E-state index in [1.54, 1.807) is 0 Å². The number of hydrogen-bond acceptors (Lipinski definition) is 3. The van der Waals surface area contributed by atoms with Crippen molar-refractivity contribution < 1.29 is 19.4 Å². The molecule has 1 heterocycles. The van der Waals surface area contributed by atoms with Crippen LogP contribution in [0.15, 0.2) is 78.5 Å². The van der Waals surface area contributed by atoms with E-state index in [1.165, 1.54) is 4.90 Å². The van der Waals surface area contributed by atoms with Crippen LogP contribution in [0.2, 0.25) is 0 Å². The Morgan fingerprint density at radius 3 is 1.97 bits per heavy atom. The van der Waals surface area contributed by atoms with Gasteiger partial charge in [-0.05, 0) is 44.4 Å². The first kappa shape index (κ1) is 21.4. The van der Waals surface area contributed by atoms with E-state index in [-0.39, 0.29) is 12.4 Å². The number of benzene rings is 2. The lowest BCUT2D eigenvalue weighted by atomic mass is 9.95. The molecule has 0 saturated carbocycles. The minimum atomic E-state index is -1.05. The quantitative estimate of drug-likeness (QED) is 0.668. The lowest BCUT2D eigenvalue weighted by Crippen LogP contribution is -2.35. The number of allylic oxidation sites excluding steroid dienone is 1. The van der Waals surface area contributed by atoms with Crippen LogP contribution < -0.4 is 0 Å². The maximum absolute atomic E-state index is 12.2. The number of carbonyl (C=O) groups is 2. The molecule has 1 N–H and O–H groups in total. The summed E-state index contributed by atoms with van der Waals surface area (Å²) >= 11 is 0. The molecule has 0 aromatic heterocycles. The summed E-state index contributed by atoms with van der Waals surface area (Å²) < 4.78 is 5.37. The zero-order valence-corrected chi connectivity index (χ0v) is 17.5. The molecule has 3 rings (SSSR count). The third-order valence-corrected chi connectivity index (χ3v) is 4.72. The maximum atomic E-state index is 12.2. The highest BCUT2D eigenvalue weighted by atomic mass is 16.6. The third-order valence-electron chi connectivity index (χ3n) is 4.72. The fourth-order valence-corrected chi connectivity index (χ4v) is 3.55. The molecule has 5 heteroatoms. The zero-order valence-electron chi connectivity index (χ0n) is 17.5. The van der Waals surface area contributed by atoms with Crippen molar-refractivity contribution in [3.63, 3.8) is 0 Å². The zero-order chi connectivity index (χ0) is 21.7. The molecule has 1 aliphatic heterocycles. The number of carbonyl (C=O) groups excluding carboxylic acids is 1. The van der Waals surface area contributed by atoms with Gasteiger partial charge in [-0.3, -0.25) is 9.69 Å². The Hall–Kier alpha value is -3.34. The summed E-state index contributed by atoms with van der Waals surface area (Å²) in [6, 6.07) is 19.0. The Morgan fingerprint density at radius 1 is 0.967 bits per heavy atom. The second-order valence-corrected chi connectivity index (χ2v) is 8.20. The molecule has 0 aliphatic carbocycles. The molecule has 2 aromatic carbocycles. The summed E-state index contributed by atoms with van der Waals surface area (Å²) in [4.78, 5) is 25.7. The van der Waals surface area contributed by atoms with E-state index in [9.17, 15) is 14.7 Å². The molecule has 1 atom stereocenters. The van der Waals surface area contributed by atoms with Gasteiger partial charge in [0, 0.05) is 12.0 Å². The molecule has 0 spiro atoms. The molecular weight excluding hydrogens is 378 g/mol. The van der Waals surface area contributed by atoms with Crippen LogP contribution in [0.3, 0.4) is 0 Å². The van der Waals surface area contributed by atoms with Crippen molar-refractivity contribution in [3.05, 3.63) is 89.6 Å². The standard InChI is InChI=1S/C25H27NO4/c1-25(2,3)30-22(27)17-15-20-14-16-21(26(20)24(28)29)23(18-10-6-4-7-11-18)19-12-8-5-9-13-19/h4-14,16,20H,15,17H2,1-3H3,(H,28,29). The Kier molecular flexibility index (Phi) is 6.40. The van der Waals surface area contributed by atoms with E-state index in [0.29, 0.717) is 12.1 Å². The van der Waals surface area contributed by atoms with Gasteiger partial charge >= 0.3 is 12.1 Å². The lowest BCUT2D eigenvalue weighted by Gasteiger charge is -2.26. The number of esters is 1. The van der Waals surface area contributed by atoms with E-state index in [2.05, 4.69) is 0 Å². The Morgan fingerprint density at radius 2 is 1.50 bits per heavy atom. The Bertz CT molecular complexity index is 914. The van der Waals surface area contributed by atoms with Gasteiger partial charge in [0.05, 0.1) is 11.7 Å². The minimum absolute atomic E-state index is 0.148. The van der Waals surface area contributed by atoms with Gasteiger partial charge in [0.25, 0.3) is 0 Å². The average Bonchev–Trinajstić information content (AvgIpc) is 3.11. The molecule has 30 heavy (non-hydrogen) atoms. The number of nitrogens with zero attached hydrogens (tertiary/aromatic N) is 1. The van der Waals surface area contributed by atoms with E-state index in [0.717, 1.165) is 16.7 Å². The van der Waals surface area contributed by atoms with Crippen molar-refractivity contribution in [2.75, 3.05) is 0 Å². The van der Waals surface area contributed by atoms with Crippen molar-refractivity contribution >= 4 is 17.6 Å². The van der Waals surface area contributed by atoms with E-state index in [4.69, 9.17) is 4.74 Å². The fourth-order valence-electron chi connectivity index (χ4n) is 3.55. The topological polar surface area (TPSA) is 66.8 Å². The van der Waals surface area contributed by atoms with Gasteiger partial charge < -0.3 is 9.84 Å². The molecule has 1 unspecified atom stereocenters. The predicted molar refractivity (Wildman–Crippen MR) is 117 cm³/mol. The van der Waals surface area contributed by atoms with E-state index < -0.39 is 17.7 Å². The number of carboxylic acid groups (broad SMARTS) is 1. The van der Waals surface area contributed by atoms with Crippen LogP contribution in [0, 0.1) is 0 Å². The number of rotatable bonds is 5. The van der Waals surface area contributed by atoms with Crippen molar-refractivity contribution in [2.45, 2.75) is 45.3 Å². The SMILES string of the molecule is CC(C)(C)OC(=O)CCC1C=CC(=C(c2ccccc2)c2ccccc2)N1C(=O)O. The third kappa shape index (κ3) is 5.17. The first-order valence-corrected chi connectivity index (χ1v) is 10.0. The largest absolute Gasteiger partial charge is 0.465 e. The molecule has 0 bridgehead atoms. The lowest BCUT2D eigenvalue weighted by molar-refractivity contribution is -0.155. The Labute approximate surface area is 177 Å². The number of hydrogen-bond donors (Lipinski definition) is 1. The fraction of sp³-hybridized carbons (Fsp3) is 0.280. The minimum Gasteiger partial charge on any atom is -0.465 e. The summed E-state index contributed by atoms with van der Waals surface area (Å²) in [6.07, 6.45) is 3.14. The first-order valence-electron chi connectivity index (χ1n) is 10.0. The van der Waals surface area contributed by atoms with Crippen molar-refractivity contribution in [1.29, 1.82) is 0 Å². The summed E-state index contributed by atoms with van der Waals surface area (Å²) in [5.74, 6) is -0.329. The van der Waals surface area contributed by atoms with Gasteiger partial charge in [-0.2, -0.15) is 0 Å². The van der Waals surface area contributed by atoms with Gasteiger partial charge in [-0.15, -0.1) is 0 Å². The van der Waals surface area contributed by atoms with Crippen LogP contribution in [-0.4, -0.2) is 33.7 Å². The van der Waals surface area contributed by atoms with Crippen LogP contribution in [0.4, 0.5) is 4.79 Å².